The molecule has 2 rings (SSSR count). The number of hydrogen-bond acceptors (Lipinski definition) is 0. The van der Waals surface area contributed by atoms with Crippen LogP contribution >= 0.6 is 0 Å². The summed E-state index contributed by atoms with van der Waals surface area (Å²) in [5.41, 5.74) is 2.76. The Balaban J connectivity index is 2.01. The molecule has 0 heterocycles. The van der Waals surface area contributed by atoms with Crippen LogP contribution in [0.25, 0.3) is 6.08 Å². The maximum absolute atomic E-state index is 2.42. The number of benzene rings is 1. The summed E-state index contributed by atoms with van der Waals surface area (Å²) >= 11 is 0. The lowest BCUT2D eigenvalue weighted by atomic mass is 9.88. The summed E-state index contributed by atoms with van der Waals surface area (Å²) in [7, 11) is 0. The molecule has 0 saturated heterocycles. The summed E-state index contributed by atoms with van der Waals surface area (Å²) in [6.45, 7) is 2.18. The molecule has 0 spiro atoms. The van der Waals surface area contributed by atoms with E-state index in [1.807, 2.05) is 0 Å². The van der Waals surface area contributed by atoms with E-state index in [-0.39, 0.29) is 0 Å². The molecule has 0 amide bonds. The molecule has 0 unspecified atom stereocenters. The van der Waals surface area contributed by atoms with Gasteiger partial charge in [0, 0.05) is 0 Å². The Morgan fingerprint density at radius 2 is 1.80 bits per heavy atom. The summed E-state index contributed by atoms with van der Waals surface area (Å²) in [5.74, 6) is 0.832. The molecule has 1 fully saturated rings. The van der Waals surface area contributed by atoms with Crippen LogP contribution in [0.3, 0.4) is 0 Å². The van der Waals surface area contributed by atoms with Crippen molar-refractivity contribution in [1.29, 1.82) is 0 Å². The van der Waals surface area contributed by atoms with E-state index in [1.54, 1.807) is 0 Å². The predicted octanol–water partition coefficient (Wildman–Crippen LogP) is 4.59. The average Bonchev–Trinajstić information content (AvgIpc) is 2.29. The van der Waals surface area contributed by atoms with Gasteiger partial charge in [-0.15, -0.1) is 0 Å². The molecule has 1 aromatic carbocycles. The van der Waals surface area contributed by atoms with E-state index in [1.165, 1.54) is 43.2 Å². The lowest BCUT2D eigenvalue weighted by molar-refractivity contribution is 0.420. The van der Waals surface area contributed by atoms with Crippen molar-refractivity contribution in [3.05, 3.63) is 41.5 Å². The van der Waals surface area contributed by atoms with Crippen LogP contribution in [0, 0.1) is 12.8 Å². The fraction of sp³-hybridized carbons (Fsp3) is 0.467. The first-order chi connectivity index (χ1) is 7.36. The second kappa shape index (κ2) is 5.16. The third kappa shape index (κ3) is 2.95. The Bertz CT molecular complexity index is 330. The summed E-state index contributed by atoms with van der Waals surface area (Å²) in [6.07, 6.45) is 11.8. The molecular formula is C15H20. The zero-order chi connectivity index (χ0) is 10.5. The molecule has 0 bridgehead atoms. The standard InChI is InChI=1S/C15H20/c1-13-7-5-6-10-15(13)12-11-14-8-3-2-4-9-14/h5-7,10-12,14H,2-4,8-9H2,1H3/b12-11+. The minimum atomic E-state index is 0.832. The van der Waals surface area contributed by atoms with E-state index < -0.39 is 0 Å². The van der Waals surface area contributed by atoms with Crippen molar-refractivity contribution in [3.63, 3.8) is 0 Å². The van der Waals surface area contributed by atoms with Gasteiger partial charge in [0.25, 0.3) is 0 Å². The Hall–Kier alpha value is -1.04. The SMILES string of the molecule is Cc1ccccc1/C=C/C1CCCCC1. The van der Waals surface area contributed by atoms with E-state index in [2.05, 4.69) is 43.3 Å². The average molecular weight is 200 g/mol. The highest BCUT2D eigenvalue weighted by Crippen LogP contribution is 2.25. The quantitative estimate of drug-likeness (QED) is 0.655. The van der Waals surface area contributed by atoms with Crippen LogP contribution in [0.2, 0.25) is 0 Å². The van der Waals surface area contributed by atoms with E-state index in [9.17, 15) is 0 Å². The van der Waals surface area contributed by atoms with Crippen LogP contribution in [-0.2, 0) is 0 Å². The van der Waals surface area contributed by atoms with Gasteiger partial charge >= 0.3 is 0 Å². The zero-order valence-corrected chi connectivity index (χ0v) is 9.58. The fourth-order valence-electron chi connectivity index (χ4n) is 2.34. The first kappa shape index (κ1) is 10.5. The van der Waals surface area contributed by atoms with Crippen molar-refractivity contribution in [2.24, 2.45) is 5.92 Å². The molecule has 1 aromatic rings. The van der Waals surface area contributed by atoms with Gasteiger partial charge in [0.05, 0.1) is 0 Å². The molecule has 0 aliphatic heterocycles. The first-order valence-electron chi connectivity index (χ1n) is 6.10. The van der Waals surface area contributed by atoms with Crippen LogP contribution < -0.4 is 0 Å². The second-order valence-corrected chi connectivity index (χ2v) is 4.61. The van der Waals surface area contributed by atoms with Crippen LogP contribution in [0.1, 0.15) is 43.2 Å². The number of rotatable bonds is 2. The molecule has 15 heavy (non-hydrogen) atoms. The van der Waals surface area contributed by atoms with Crippen molar-refractivity contribution in [2.75, 3.05) is 0 Å². The maximum atomic E-state index is 2.42. The molecule has 1 aliphatic carbocycles. The zero-order valence-electron chi connectivity index (χ0n) is 9.58. The van der Waals surface area contributed by atoms with Crippen LogP contribution in [0.4, 0.5) is 0 Å². The highest BCUT2D eigenvalue weighted by atomic mass is 14.1. The molecule has 0 N–H and O–H groups in total. The minimum Gasteiger partial charge on any atom is -0.0808 e. The van der Waals surface area contributed by atoms with E-state index in [0.717, 1.165) is 5.92 Å². The van der Waals surface area contributed by atoms with Crippen molar-refractivity contribution in [1.82, 2.24) is 0 Å². The fourth-order valence-corrected chi connectivity index (χ4v) is 2.34. The summed E-state index contributed by atoms with van der Waals surface area (Å²) in [5, 5.41) is 0. The molecule has 1 saturated carbocycles. The monoisotopic (exact) mass is 200 g/mol. The van der Waals surface area contributed by atoms with Gasteiger partial charge in [0.2, 0.25) is 0 Å². The first-order valence-corrected chi connectivity index (χ1v) is 6.10. The minimum absolute atomic E-state index is 0.832. The normalized spacial score (nSPS) is 18.5. The lowest BCUT2D eigenvalue weighted by Gasteiger charge is -2.17. The Morgan fingerprint density at radius 3 is 2.53 bits per heavy atom. The maximum Gasteiger partial charge on any atom is -0.0230 e. The number of aryl methyl sites for hydroxylation is 1. The van der Waals surface area contributed by atoms with Crippen molar-refractivity contribution in [3.8, 4) is 0 Å². The van der Waals surface area contributed by atoms with Gasteiger partial charge < -0.3 is 0 Å². The van der Waals surface area contributed by atoms with Gasteiger partial charge in [-0.05, 0) is 36.8 Å². The van der Waals surface area contributed by atoms with E-state index in [4.69, 9.17) is 0 Å². The Labute approximate surface area is 93.0 Å². The molecule has 1 aliphatic rings. The van der Waals surface area contributed by atoms with Crippen LogP contribution in [0.15, 0.2) is 30.3 Å². The molecular weight excluding hydrogens is 180 g/mol. The topological polar surface area (TPSA) is 0 Å². The summed E-state index contributed by atoms with van der Waals surface area (Å²) < 4.78 is 0. The number of allylic oxidation sites excluding steroid dienone is 1. The van der Waals surface area contributed by atoms with Gasteiger partial charge in [0.1, 0.15) is 0 Å². The Kier molecular flexibility index (Phi) is 3.60. The Morgan fingerprint density at radius 1 is 1.07 bits per heavy atom. The third-order valence-corrected chi connectivity index (χ3v) is 3.39. The van der Waals surface area contributed by atoms with E-state index in [0.29, 0.717) is 0 Å². The third-order valence-electron chi connectivity index (χ3n) is 3.39. The van der Waals surface area contributed by atoms with Gasteiger partial charge in [-0.3, -0.25) is 0 Å². The van der Waals surface area contributed by atoms with Gasteiger partial charge in [-0.2, -0.15) is 0 Å². The van der Waals surface area contributed by atoms with Crippen molar-refractivity contribution < 1.29 is 0 Å². The molecule has 0 nitrogen and oxygen atoms in total. The summed E-state index contributed by atoms with van der Waals surface area (Å²) in [4.78, 5) is 0. The summed E-state index contributed by atoms with van der Waals surface area (Å²) in [6, 6.07) is 8.61. The molecule has 80 valence electrons. The molecule has 0 atom stereocenters. The lowest BCUT2D eigenvalue weighted by Crippen LogP contribution is -2.02. The highest BCUT2D eigenvalue weighted by molar-refractivity contribution is 5.53. The predicted molar refractivity (Wildman–Crippen MR) is 66.8 cm³/mol. The second-order valence-electron chi connectivity index (χ2n) is 4.61. The van der Waals surface area contributed by atoms with Gasteiger partial charge in [-0.25, -0.2) is 0 Å². The van der Waals surface area contributed by atoms with Crippen molar-refractivity contribution >= 4 is 6.08 Å². The van der Waals surface area contributed by atoms with Crippen molar-refractivity contribution in [2.45, 2.75) is 39.0 Å². The van der Waals surface area contributed by atoms with Gasteiger partial charge in [0.15, 0.2) is 0 Å². The van der Waals surface area contributed by atoms with Crippen LogP contribution in [-0.4, -0.2) is 0 Å². The van der Waals surface area contributed by atoms with Crippen LogP contribution in [0.5, 0.6) is 0 Å². The smallest absolute Gasteiger partial charge is 0.0230 e. The molecule has 0 heteroatoms. The van der Waals surface area contributed by atoms with Gasteiger partial charge in [-0.1, -0.05) is 55.7 Å². The number of hydrogen-bond donors (Lipinski definition) is 0. The van der Waals surface area contributed by atoms with E-state index >= 15 is 0 Å². The highest BCUT2D eigenvalue weighted by Gasteiger charge is 2.09. The largest absolute Gasteiger partial charge is 0.0808 e. The molecule has 0 aromatic heterocycles. The molecule has 0 radical (unpaired) electrons.